The summed E-state index contributed by atoms with van der Waals surface area (Å²) in [4.78, 5) is 18.1. The first-order valence-electron chi connectivity index (χ1n) is 12.3. The van der Waals surface area contributed by atoms with Gasteiger partial charge in [0.15, 0.2) is 5.58 Å². The van der Waals surface area contributed by atoms with E-state index in [0.29, 0.717) is 40.9 Å². The second-order valence-corrected chi connectivity index (χ2v) is 9.21. The molecule has 6 rings (SSSR count). The molecule has 1 aliphatic heterocycles. The first-order chi connectivity index (χ1) is 18.1. The molecule has 8 heteroatoms. The maximum absolute atomic E-state index is 11.2. The fourth-order valence-corrected chi connectivity index (χ4v) is 4.83. The summed E-state index contributed by atoms with van der Waals surface area (Å²) in [5, 5.41) is 8.64. The van der Waals surface area contributed by atoms with E-state index in [-0.39, 0.29) is 0 Å². The van der Waals surface area contributed by atoms with Gasteiger partial charge in [-0.2, -0.15) is 0 Å². The first kappa shape index (κ1) is 23.3. The number of fused-ring (bicyclic) bond motifs is 1. The van der Waals surface area contributed by atoms with Gasteiger partial charge in [-0.05, 0) is 66.4 Å². The van der Waals surface area contributed by atoms with E-state index in [9.17, 15) is 4.79 Å². The number of hydrogen-bond acceptors (Lipinski definition) is 8. The minimum absolute atomic E-state index is 0.515. The highest BCUT2D eigenvalue weighted by molar-refractivity contribution is 5.86. The van der Waals surface area contributed by atoms with Crippen molar-refractivity contribution in [2.24, 2.45) is 0 Å². The van der Waals surface area contributed by atoms with Crippen LogP contribution < -0.4 is 0 Å². The largest absolute Gasteiger partial charge is 0.436 e. The van der Waals surface area contributed by atoms with Crippen LogP contribution in [0.1, 0.15) is 27.4 Å². The number of aldehydes is 1. The molecule has 1 fully saturated rings. The van der Waals surface area contributed by atoms with Crippen LogP contribution >= 0.6 is 0 Å². The Labute approximate surface area is 213 Å². The molecule has 0 radical (unpaired) electrons. The first-order valence-corrected chi connectivity index (χ1v) is 12.3. The summed E-state index contributed by atoms with van der Waals surface area (Å²) in [6, 6.07) is 17.5. The lowest BCUT2D eigenvalue weighted by atomic mass is 9.91. The number of aromatic nitrogens is 3. The van der Waals surface area contributed by atoms with Crippen LogP contribution in [0.3, 0.4) is 0 Å². The van der Waals surface area contributed by atoms with E-state index in [4.69, 9.17) is 13.6 Å². The van der Waals surface area contributed by atoms with Crippen molar-refractivity contribution in [3.63, 3.8) is 0 Å². The molecule has 0 unspecified atom stereocenters. The highest BCUT2D eigenvalue weighted by Gasteiger charge is 2.19. The standard InChI is InChI=1S/C29H26N4O4/c1-18-21(5-3-7-23(18)28-30-25-15-20(17-34)9-10-26(25)36-28)22-6-4-8-24(19(22)2)29-32-31-27(37-29)16-33-11-13-35-14-12-33/h3-10,15,17H,11-14,16H2,1-2H3. The summed E-state index contributed by atoms with van der Waals surface area (Å²) in [7, 11) is 0. The van der Waals surface area contributed by atoms with Crippen molar-refractivity contribution in [2.45, 2.75) is 20.4 Å². The Hall–Kier alpha value is -4.14. The number of ether oxygens (including phenoxy) is 1. The number of carbonyl (C=O) groups excluding carboxylic acids is 1. The molecule has 1 aliphatic rings. The average molecular weight is 495 g/mol. The normalized spacial score (nSPS) is 14.3. The maximum atomic E-state index is 11.2. The van der Waals surface area contributed by atoms with Gasteiger partial charge in [0.25, 0.3) is 0 Å². The van der Waals surface area contributed by atoms with Gasteiger partial charge in [0.2, 0.25) is 17.7 Å². The van der Waals surface area contributed by atoms with Gasteiger partial charge >= 0.3 is 0 Å². The zero-order valence-electron chi connectivity index (χ0n) is 20.7. The monoisotopic (exact) mass is 494 g/mol. The van der Waals surface area contributed by atoms with Crippen LogP contribution in [0.2, 0.25) is 0 Å². The summed E-state index contributed by atoms with van der Waals surface area (Å²) in [5.41, 5.74) is 7.92. The molecule has 2 aromatic heterocycles. The highest BCUT2D eigenvalue weighted by Crippen LogP contribution is 2.37. The molecule has 0 spiro atoms. The van der Waals surface area contributed by atoms with Crippen molar-refractivity contribution in [1.29, 1.82) is 0 Å². The van der Waals surface area contributed by atoms with Gasteiger partial charge in [-0.25, -0.2) is 4.98 Å². The topological polar surface area (TPSA) is 94.5 Å². The van der Waals surface area contributed by atoms with Crippen LogP contribution in [0.15, 0.2) is 63.4 Å². The van der Waals surface area contributed by atoms with Crippen molar-refractivity contribution in [3.05, 3.63) is 77.2 Å². The summed E-state index contributed by atoms with van der Waals surface area (Å²) >= 11 is 0. The van der Waals surface area contributed by atoms with Gasteiger partial charge in [0, 0.05) is 29.8 Å². The van der Waals surface area contributed by atoms with Gasteiger partial charge in [0.05, 0.1) is 19.8 Å². The molecule has 3 heterocycles. The summed E-state index contributed by atoms with van der Waals surface area (Å²) in [5.74, 6) is 1.64. The van der Waals surface area contributed by atoms with E-state index in [1.54, 1.807) is 18.2 Å². The van der Waals surface area contributed by atoms with Crippen LogP contribution in [0, 0.1) is 13.8 Å². The van der Waals surface area contributed by atoms with E-state index >= 15 is 0 Å². The zero-order chi connectivity index (χ0) is 25.4. The Balaban J connectivity index is 1.34. The lowest BCUT2D eigenvalue weighted by Gasteiger charge is -2.24. The molecule has 1 saturated heterocycles. The summed E-state index contributed by atoms with van der Waals surface area (Å²) in [6.45, 7) is 7.93. The van der Waals surface area contributed by atoms with E-state index < -0.39 is 0 Å². The van der Waals surface area contributed by atoms with Gasteiger partial charge < -0.3 is 13.6 Å². The molecule has 3 aromatic carbocycles. The van der Waals surface area contributed by atoms with E-state index in [0.717, 1.165) is 66.0 Å². The number of rotatable bonds is 6. The van der Waals surface area contributed by atoms with E-state index in [2.05, 4.69) is 46.1 Å². The molecule has 37 heavy (non-hydrogen) atoms. The molecule has 0 atom stereocenters. The number of carbonyl (C=O) groups is 1. The number of oxazole rings is 1. The van der Waals surface area contributed by atoms with Crippen LogP contribution in [0.5, 0.6) is 0 Å². The lowest BCUT2D eigenvalue weighted by molar-refractivity contribution is 0.0306. The lowest BCUT2D eigenvalue weighted by Crippen LogP contribution is -2.35. The third-order valence-corrected chi connectivity index (χ3v) is 6.90. The molecule has 0 bridgehead atoms. The quantitative estimate of drug-likeness (QED) is 0.287. The fraction of sp³-hybridized carbons (Fsp3) is 0.241. The zero-order valence-corrected chi connectivity index (χ0v) is 20.7. The molecule has 5 aromatic rings. The van der Waals surface area contributed by atoms with Gasteiger partial charge in [-0.3, -0.25) is 9.69 Å². The van der Waals surface area contributed by atoms with E-state index in [1.165, 1.54) is 0 Å². The maximum Gasteiger partial charge on any atom is 0.248 e. The second kappa shape index (κ2) is 9.72. The molecule has 0 N–H and O–H groups in total. The van der Waals surface area contributed by atoms with Crippen LogP contribution in [-0.2, 0) is 11.3 Å². The molecular weight excluding hydrogens is 468 g/mol. The Bertz CT molecular complexity index is 1600. The third kappa shape index (κ3) is 4.45. The van der Waals surface area contributed by atoms with Crippen molar-refractivity contribution < 1.29 is 18.4 Å². The number of nitrogens with zero attached hydrogens (tertiary/aromatic N) is 4. The molecule has 186 valence electrons. The van der Waals surface area contributed by atoms with Crippen molar-refractivity contribution in [2.75, 3.05) is 26.3 Å². The Kier molecular flexibility index (Phi) is 6.12. The number of benzene rings is 3. The second-order valence-electron chi connectivity index (χ2n) is 9.21. The van der Waals surface area contributed by atoms with Crippen LogP contribution in [0.4, 0.5) is 0 Å². The molecule has 8 nitrogen and oxygen atoms in total. The predicted molar refractivity (Wildman–Crippen MR) is 139 cm³/mol. The van der Waals surface area contributed by atoms with Crippen LogP contribution in [-0.4, -0.2) is 52.7 Å². The fourth-order valence-electron chi connectivity index (χ4n) is 4.83. The summed E-state index contributed by atoms with van der Waals surface area (Å²) < 4.78 is 17.5. The number of hydrogen-bond donors (Lipinski definition) is 0. The Morgan fingerprint density at radius 3 is 2.22 bits per heavy atom. The minimum atomic E-state index is 0.515. The van der Waals surface area contributed by atoms with E-state index in [1.807, 2.05) is 24.3 Å². The minimum Gasteiger partial charge on any atom is -0.436 e. The van der Waals surface area contributed by atoms with Gasteiger partial charge in [-0.1, -0.05) is 24.3 Å². The van der Waals surface area contributed by atoms with Crippen LogP contribution in [0.25, 0.3) is 45.1 Å². The van der Waals surface area contributed by atoms with Gasteiger partial charge in [-0.15, -0.1) is 10.2 Å². The van der Waals surface area contributed by atoms with Crippen molar-refractivity contribution in [3.8, 4) is 34.0 Å². The third-order valence-electron chi connectivity index (χ3n) is 6.90. The predicted octanol–water partition coefficient (Wildman–Crippen LogP) is 5.47. The smallest absolute Gasteiger partial charge is 0.248 e. The Morgan fingerprint density at radius 2 is 1.51 bits per heavy atom. The molecule has 0 saturated carbocycles. The summed E-state index contributed by atoms with van der Waals surface area (Å²) in [6.07, 6.45) is 0.810. The molecule has 0 aliphatic carbocycles. The molecule has 0 amide bonds. The Morgan fingerprint density at radius 1 is 0.838 bits per heavy atom. The average Bonchev–Trinajstić information content (AvgIpc) is 3.56. The van der Waals surface area contributed by atoms with Gasteiger partial charge in [0.1, 0.15) is 11.8 Å². The molecular formula is C29H26N4O4. The van der Waals surface area contributed by atoms with Crippen molar-refractivity contribution >= 4 is 17.4 Å². The highest BCUT2D eigenvalue weighted by atomic mass is 16.5. The SMILES string of the molecule is Cc1c(-c2nnc(CN3CCOCC3)o2)cccc1-c1cccc(-c2nc3cc(C=O)ccc3o2)c1C. The number of morpholine rings is 1. The van der Waals surface area contributed by atoms with Crippen molar-refractivity contribution in [1.82, 2.24) is 20.1 Å².